The van der Waals surface area contributed by atoms with Gasteiger partial charge in [-0.1, -0.05) is 17.7 Å². The van der Waals surface area contributed by atoms with Crippen molar-refractivity contribution in [1.29, 1.82) is 0 Å². The van der Waals surface area contributed by atoms with Crippen LogP contribution in [0.1, 0.15) is 10.5 Å². The summed E-state index contributed by atoms with van der Waals surface area (Å²) in [4.78, 5) is 16.0. The lowest BCUT2D eigenvalue weighted by Crippen LogP contribution is -2.13. The zero-order valence-electron chi connectivity index (χ0n) is 12.4. The number of amides is 1. The first-order chi connectivity index (χ1) is 11.6. The summed E-state index contributed by atoms with van der Waals surface area (Å²) >= 11 is 6.17. The molecule has 0 saturated carbocycles. The topological polar surface area (TPSA) is 51.2 Å². The molecule has 24 heavy (non-hydrogen) atoms. The highest BCUT2D eigenvalue weighted by atomic mass is 35.5. The average Bonchev–Trinajstić information content (AvgIpc) is 2.60. The van der Waals surface area contributed by atoms with E-state index in [2.05, 4.69) is 10.3 Å². The normalized spacial score (nSPS) is 10.2. The van der Waals surface area contributed by atoms with Crippen LogP contribution < -0.4 is 10.1 Å². The minimum Gasteiger partial charge on any atom is -0.456 e. The summed E-state index contributed by atoms with van der Waals surface area (Å²) in [6.45, 7) is 0. The van der Waals surface area contributed by atoms with E-state index in [0.29, 0.717) is 27.9 Å². The molecule has 1 heterocycles. The van der Waals surface area contributed by atoms with Crippen molar-refractivity contribution in [2.24, 2.45) is 0 Å². The number of nitrogens with one attached hydrogen (secondary N) is 1. The molecule has 3 aromatic rings. The van der Waals surface area contributed by atoms with Gasteiger partial charge in [0.25, 0.3) is 5.91 Å². The number of aromatic nitrogens is 1. The van der Waals surface area contributed by atoms with Gasteiger partial charge in [-0.15, -0.1) is 0 Å². The van der Waals surface area contributed by atoms with Crippen LogP contribution >= 0.6 is 11.6 Å². The Hall–Kier alpha value is -2.92. The van der Waals surface area contributed by atoms with E-state index in [-0.39, 0.29) is 11.7 Å². The fraction of sp³-hybridized carbons (Fsp3) is 0. The molecule has 3 rings (SSSR count). The highest BCUT2D eigenvalue weighted by Crippen LogP contribution is 2.31. The predicted octanol–water partition coefficient (Wildman–Crippen LogP) is 4.92. The maximum absolute atomic E-state index is 12.9. The Morgan fingerprint density at radius 3 is 2.54 bits per heavy atom. The fourth-order valence-electron chi connectivity index (χ4n) is 1.98. The van der Waals surface area contributed by atoms with Crippen LogP contribution in [0.25, 0.3) is 0 Å². The van der Waals surface area contributed by atoms with Crippen molar-refractivity contribution in [3.63, 3.8) is 0 Å². The second-order valence-corrected chi connectivity index (χ2v) is 5.28. The highest BCUT2D eigenvalue weighted by Gasteiger charge is 2.09. The van der Waals surface area contributed by atoms with Gasteiger partial charge < -0.3 is 10.1 Å². The molecule has 0 radical (unpaired) electrons. The van der Waals surface area contributed by atoms with E-state index in [9.17, 15) is 9.18 Å². The van der Waals surface area contributed by atoms with Gasteiger partial charge in [0, 0.05) is 11.9 Å². The van der Waals surface area contributed by atoms with Crippen LogP contribution in [0.15, 0.2) is 66.9 Å². The molecule has 1 amide bonds. The van der Waals surface area contributed by atoms with Crippen LogP contribution in [-0.4, -0.2) is 10.9 Å². The van der Waals surface area contributed by atoms with E-state index < -0.39 is 0 Å². The molecule has 0 aliphatic heterocycles. The van der Waals surface area contributed by atoms with Gasteiger partial charge in [-0.3, -0.25) is 9.78 Å². The SMILES string of the molecule is O=C(Nc1ccc(Oc2ccc(F)cc2)c(Cl)c1)c1ccccn1. The first kappa shape index (κ1) is 16.0. The number of rotatable bonds is 4. The molecule has 4 nitrogen and oxygen atoms in total. The first-order valence-corrected chi connectivity index (χ1v) is 7.45. The zero-order valence-corrected chi connectivity index (χ0v) is 13.1. The standard InChI is InChI=1S/C18H12ClFN2O2/c19-15-11-13(22-18(23)16-3-1-2-10-21-16)6-9-17(15)24-14-7-4-12(20)5-8-14/h1-11H,(H,22,23). The second kappa shape index (κ2) is 7.10. The van der Waals surface area contributed by atoms with Crippen molar-refractivity contribution >= 4 is 23.2 Å². The molecule has 120 valence electrons. The lowest BCUT2D eigenvalue weighted by Gasteiger charge is -2.10. The Bertz CT molecular complexity index is 855. The maximum Gasteiger partial charge on any atom is 0.274 e. The summed E-state index contributed by atoms with van der Waals surface area (Å²) in [5.41, 5.74) is 0.822. The smallest absolute Gasteiger partial charge is 0.274 e. The Balaban J connectivity index is 1.72. The molecule has 0 unspecified atom stereocenters. The highest BCUT2D eigenvalue weighted by molar-refractivity contribution is 6.32. The number of anilines is 1. The third-order valence-electron chi connectivity index (χ3n) is 3.13. The van der Waals surface area contributed by atoms with Crippen LogP contribution in [0.4, 0.5) is 10.1 Å². The number of hydrogen-bond donors (Lipinski definition) is 1. The molecule has 0 spiro atoms. The number of ether oxygens (including phenoxy) is 1. The van der Waals surface area contributed by atoms with Crippen molar-refractivity contribution in [3.05, 3.63) is 83.4 Å². The Labute approximate surface area is 142 Å². The van der Waals surface area contributed by atoms with Gasteiger partial charge in [-0.2, -0.15) is 0 Å². The molecule has 0 fully saturated rings. The largest absolute Gasteiger partial charge is 0.456 e. The molecule has 0 saturated heterocycles. The van der Waals surface area contributed by atoms with E-state index in [1.165, 1.54) is 24.3 Å². The Kier molecular flexibility index (Phi) is 4.72. The molecular formula is C18H12ClFN2O2. The summed E-state index contributed by atoms with van der Waals surface area (Å²) in [5, 5.41) is 3.02. The number of halogens is 2. The van der Waals surface area contributed by atoms with Crippen molar-refractivity contribution in [1.82, 2.24) is 4.98 Å². The minimum atomic E-state index is -0.346. The van der Waals surface area contributed by atoms with Gasteiger partial charge in [-0.25, -0.2) is 4.39 Å². The van der Waals surface area contributed by atoms with E-state index in [1.807, 2.05) is 0 Å². The lowest BCUT2D eigenvalue weighted by molar-refractivity contribution is 0.102. The monoisotopic (exact) mass is 342 g/mol. The number of pyridine rings is 1. The number of benzene rings is 2. The minimum absolute atomic E-state index is 0.306. The molecule has 2 aromatic carbocycles. The third kappa shape index (κ3) is 3.88. The van der Waals surface area contributed by atoms with Gasteiger partial charge in [0.05, 0.1) is 5.02 Å². The summed E-state index contributed by atoms with van der Waals surface area (Å²) in [5.74, 6) is 0.183. The van der Waals surface area contributed by atoms with E-state index in [1.54, 1.807) is 42.6 Å². The predicted molar refractivity (Wildman–Crippen MR) is 90.1 cm³/mol. The Morgan fingerprint density at radius 1 is 1.08 bits per heavy atom. The molecule has 0 atom stereocenters. The molecule has 1 N–H and O–H groups in total. The van der Waals surface area contributed by atoms with Crippen LogP contribution in [0.2, 0.25) is 5.02 Å². The number of carbonyl (C=O) groups is 1. The average molecular weight is 343 g/mol. The summed E-state index contributed by atoms with van der Waals surface area (Å²) in [6.07, 6.45) is 1.54. The maximum atomic E-state index is 12.9. The van der Waals surface area contributed by atoms with Crippen molar-refractivity contribution in [2.45, 2.75) is 0 Å². The van der Waals surface area contributed by atoms with Gasteiger partial charge in [-0.05, 0) is 54.6 Å². The third-order valence-corrected chi connectivity index (χ3v) is 3.42. The van der Waals surface area contributed by atoms with Crippen LogP contribution in [0.3, 0.4) is 0 Å². The van der Waals surface area contributed by atoms with Gasteiger partial charge in [0.2, 0.25) is 0 Å². The molecule has 6 heteroatoms. The van der Waals surface area contributed by atoms with Gasteiger partial charge >= 0.3 is 0 Å². The summed E-state index contributed by atoms with van der Waals surface area (Å²) < 4.78 is 18.5. The van der Waals surface area contributed by atoms with Crippen molar-refractivity contribution in [3.8, 4) is 11.5 Å². The molecule has 0 aliphatic carbocycles. The number of hydrogen-bond acceptors (Lipinski definition) is 3. The Morgan fingerprint density at radius 2 is 1.88 bits per heavy atom. The van der Waals surface area contributed by atoms with Crippen LogP contribution in [0.5, 0.6) is 11.5 Å². The molecule has 1 aromatic heterocycles. The second-order valence-electron chi connectivity index (χ2n) is 4.87. The fourth-order valence-corrected chi connectivity index (χ4v) is 2.20. The number of nitrogens with zero attached hydrogens (tertiary/aromatic N) is 1. The van der Waals surface area contributed by atoms with Crippen molar-refractivity contribution in [2.75, 3.05) is 5.32 Å². The quantitative estimate of drug-likeness (QED) is 0.732. The first-order valence-electron chi connectivity index (χ1n) is 7.07. The van der Waals surface area contributed by atoms with E-state index in [4.69, 9.17) is 16.3 Å². The zero-order chi connectivity index (χ0) is 16.9. The number of carbonyl (C=O) groups excluding carboxylic acids is 1. The van der Waals surface area contributed by atoms with E-state index >= 15 is 0 Å². The molecule has 0 aliphatic rings. The van der Waals surface area contributed by atoms with Gasteiger partial charge in [0.15, 0.2) is 0 Å². The summed E-state index contributed by atoms with van der Waals surface area (Å²) in [7, 11) is 0. The van der Waals surface area contributed by atoms with E-state index in [0.717, 1.165) is 0 Å². The van der Waals surface area contributed by atoms with Crippen LogP contribution in [0, 0.1) is 5.82 Å². The molecular weight excluding hydrogens is 331 g/mol. The van der Waals surface area contributed by atoms with Crippen molar-refractivity contribution < 1.29 is 13.9 Å². The molecule has 0 bridgehead atoms. The lowest BCUT2D eigenvalue weighted by atomic mass is 10.2. The van der Waals surface area contributed by atoms with Crippen LogP contribution in [-0.2, 0) is 0 Å². The van der Waals surface area contributed by atoms with Gasteiger partial charge in [0.1, 0.15) is 23.0 Å². The summed E-state index contributed by atoms with van der Waals surface area (Å²) in [6, 6.07) is 15.5.